The largest absolute Gasteiger partial charge is 0.458 e. The molecule has 0 saturated heterocycles. The van der Waals surface area contributed by atoms with Crippen molar-refractivity contribution in [2.75, 3.05) is 6.61 Å². The molecule has 3 atom stereocenters. The molecule has 0 saturated carbocycles. The number of ether oxygens (including phenoxy) is 3. The van der Waals surface area contributed by atoms with Gasteiger partial charge in [-0.3, -0.25) is 9.59 Å². The molecule has 252 valence electrons. The molecule has 3 rings (SSSR count). The van der Waals surface area contributed by atoms with Crippen molar-refractivity contribution in [3.05, 3.63) is 108 Å². The molecule has 0 bridgehead atoms. The van der Waals surface area contributed by atoms with E-state index >= 15 is 0 Å². The molecule has 3 N–H and O–H groups in total. The molecular formula is C37H47N3O7. The van der Waals surface area contributed by atoms with Crippen molar-refractivity contribution in [3.8, 4) is 0 Å². The third-order valence-corrected chi connectivity index (χ3v) is 6.71. The van der Waals surface area contributed by atoms with E-state index in [-0.39, 0.29) is 26.1 Å². The summed E-state index contributed by atoms with van der Waals surface area (Å²) >= 11 is 0. The Labute approximate surface area is 277 Å². The molecule has 0 aliphatic carbocycles. The fourth-order valence-corrected chi connectivity index (χ4v) is 4.44. The van der Waals surface area contributed by atoms with Gasteiger partial charge in [-0.05, 0) is 58.2 Å². The maximum atomic E-state index is 13.8. The smallest absolute Gasteiger partial charge is 0.408 e. The van der Waals surface area contributed by atoms with E-state index in [9.17, 15) is 19.2 Å². The van der Waals surface area contributed by atoms with Crippen molar-refractivity contribution in [2.45, 2.75) is 90.3 Å². The topological polar surface area (TPSA) is 132 Å². The molecule has 3 amide bonds. The molecule has 0 spiro atoms. The SMILES string of the molecule is CC(C)(C)OC[C@H](NC(=O)[C@@H](Cc1ccccc1)NC(=O)[C@@H](Cc1ccccc1)NC(=O)OCc1ccccc1)C(=O)OC(C)(C)C. The molecule has 0 aromatic heterocycles. The molecular weight excluding hydrogens is 598 g/mol. The maximum Gasteiger partial charge on any atom is 0.408 e. The van der Waals surface area contributed by atoms with Gasteiger partial charge in [0.1, 0.15) is 24.3 Å². The molecule has 0 aliphatic rings. The highest BCUT2D eigenvalue weighted by Gasteiger charge is 2.33. The summed E-state index contributed by atoms with van der Waals surface area (Å²) in [6, 6.07) is 24.2. The van der Waals surface area contributed by atoms with Crippen LogP contribution in [-0.2, 0) is 48.0 Å². The first-order valence-corrected chi connectivity index (χ1v) is 15.7. The number of amides is 3. The van der Waals surface area contributed by atoms with Crippen LogP contribution in [0.2, 0.25) is 0 Å². The fraction of sp³-hybridized carbons (Fsp3) is 0.405. The van der Waals surface area contributed by atoms with Gasteiger partial charge < -0.3 is 30.2 Å². The quantitative estimate of drug-likeness (QED) is 0.213. The Morgan fingerprint density at radius 1 is 0.574 bits per heavy atom. The van der Waals surface area contributed by atoms with Crippen molar-refractivity contribution in [3.63, 3.8) is 0 Å². The molecule has 0 unspecified atom stereocenters. The van der Waals surface area contributed by atoms with Crippen molar-refractivity contribution in [1.29, 1.82) is 0 Å². The molecule has 0 fully saturated rings. The number of alkyl carbamates (subject to hydrolysis) is 1. The number of nitrogens with one attached hydrogen (secondary N) is 3. The lowest BCUT2D eigenvalue weighted by molar-refractivity contribution is -0.162. The lowest BCUT2D eigenvalue weighted by atomic mass is 10.0. The third-order valence-electron chi connectivity index (χ3n) is 6.71. The van der Waals surface area contributed by atoms with Crippen LogP contribution in [0.25, 0.3) is 0 Å². The zero-order valence-corrected chi connectivity index (χ0v) is 28.1. The Morgan fingerprint density at radius 3 is 1.45 bits per heavy atom. The van der Waals surface area contributed by atoms with Gasteiger partial charge in [-0.15, -0.1) is 0 Å². The Balaban J connectivity index is 1.83. The van der Waals surface area contributed by atoms with E-state index in [2.05, 4.69) is 16.0 Å². The second-order valence-corrected chi connectivity index (χ2v) is 13.2. The maximum absolute atomic E-state index is 13.8. The van der Waals surface area contributed by atoms with Crippen molar-refractivity contribution in [2.24, 2.45) is 0 Å². The molecule has 0 aliphatic heterocycles. The number of rotatable bonds is 14. The number of hydrogen-bond acceptors (Lipinski definition) is 7. The summed E-state index contributed by atoms with van der Waals surface area (Å²) in [5, 5.41) is 8.22. The van der Waals surface area contributed by atoms with E-state index in [1.165, 1.54) is 0 Å². The van der Waals surface area contributed by atoms with Crippen LogP contribution in [0, 0.1) is 0 Å². The fourth-order valence-electron chi connectivity index (χ4n) is 4.44. The average molecular weight is 646 g/mol. The van der Waals surface area contributed by atoms with Gasteiger partial charge in [0.25, 0.3) is 0 Å². The predicted molar refractivity (Wildman–Crippen MR) is 179 cm³/mol. The van der Waals surface area contributed by atoms with Crippen LogP contribution in [0.4, 0.5) is 4.79 Å². The Morgan fingerprint density at radius 2 is 1.00 bits per heavy atom. The van der Waals surface area contributed by atoms with E-state index < -0.39 is 53.2 Å². The van der Waals surface area contributed by atoms with Crippen LogP contribution in [-0.4, -0.2) is 59.8 Å². The monoisotopic (exact) mass is 645 g/mol. The van der Waals surface area contributed by atoms with Crippen LogP contribution in [0.5, 0.6) is 0 Å². The average Bonchev–Trinajstić information content (AvgIpc) is 3.01. The highest BCUT2D eigenvalue weighted by atomic mass is 16.6. The van der Waals surface area contributed by atoms with Crippen LogP contribution >= 0.6 is 0 Å². The van der Waals surface area contributed by atoms with E-state index in [1.807, 2.05) is 112 Å². The molecule has 10 nitrogen and oxygen atoms in total. The lowest BCUT2D eigenvalue weighted by Gasteiger charge is -2.29. The molecule has 10 heteroatoms. The standard InChI is InChI=1S/C37H47N3O7/c1-36(2,3)46-25-31(34(43)47-37(4,5)6)39-32(41)29(22-26-16-10-7-11-17-26)38-33(42)30(23-27-18-12-8-13-19-27)40-35(44)45-24-28-20-14-9-15-21-28/h7-21,29-31H,22-25H2,1-6H3,(H,38,42)(H,39,41)(H,40,44)/t29-,30-,31+/m1/s1. The van der Waals surface area contributed by atoms with Gasteiger partial charge in [-0.1, -0.05) is 91.0 Å². The first kappa shape index (κ1) is 36.8. The number of carbonyl (C=O) groups excluding carboxylic acids is 4. The van der Waals surface area contributed by atoms with E-state index in [0.717, 1.165) is 16.7 Å². The summed E-state index contributed by atoms with van der Waals surface area (Å²) in [4.78, 5) is 53.7. The predicted octanol–water partition coefficient (Wildman–Crippen LogP) is 4.89. The van der Waals surface area contributed by atoms with E-state index in [1.54, 1.807) is 20.8 Å². The van der Waals surface area contributed by atoms with Crippen LogP contribution in [0.1, 0.15) is 58.2 Å². The molecule has 0 heterocycles. The molecule has 3 aromatic carbocycles. The minimum Gasteiger partial charge on any atom is -0.458 e. The Bertz CT molecular complexity index is 1440. The van der Waals surface area contributed by atoms with Gasteiger partial charge in [0.15, 0.2) is 6.04 Å². The highest BCUT2D eigenvalue weighted by molar-refractivity contribution is 5.93. The van der Waals surface area contributed by atoms with Crippen LogP contribution in [0.3, 0.4) is 0 Å². The Kier molecular flexibility index (Phi) is 13.5. The van der Waals surface area contributed by atoms with Gasteiger partial charge in [0.05, 0.1) is 12.2 Å². The summed E-state index contributed by atoms with van der Waals surface area (Å²) in [5.41, 5.74) is 0.979. The second-order valence-electron chi connectivity index (χ2n) is 13.2. The third kappa shape index (κ3) is 14.1. The first-order chi connectivity index (χ1) is 22.2. The number of esters is 1. The van der Waals surface area contributed by atoms with Gasteiger partial charge in [0.2, 0.25) is 11.8 Å². The van der Waals surface area contributed by atoms with Gasteiger partial charge in [-0.2, -0.15) is 0 Å². The van der Waals surface area contributed by atoms with Crippen molar-refractivity contribution >= 4 is 23.9 Å². The summed E-state index contributed by atoms with van der Waals surface area (Å²) in [6.07, 6.45) is -0.513. The van der Waals surface area contributed by atoms with E-state index in [0.29, 0.717) is 0 Å². The van der Waals surface area contributed by atoms with Crippen molar-refractivity contribution in [1.82, 2.24) is 16.0 Å². The Hall–Kier alpha value is -4.70. The zero-order valence-electron chi connectivity index (χ0n) is 28.1. The summed E-state index contributed by atoms with van der Waals surface area (Å²) in [7, 11) is 0. The number of benzene rings is 3. The summed E-state index contributed by atoms with van der Waals surface area (Å²) in [5.74, 6) is -1.87. The first-order valence-electron chi connectivity index (χ1n) is 15.7. The number of hydrogen-bond donors (Lipinski definition) is 3. The number of carbonyl (C=O) groups is 4. The van der Waals surface area contributed by atoms with Gasteiger partial charge >= 0.3 is 12.1 Å². The molecule has 47 heavy (non-hydrogen) atoms. The minimum atomic E-state index is -1.14. The lowest BCUT2D eigenvalue weighted by Crippen LogP contribution is -2.58. The van der Waals surface area contributed by atoms with Gasteiger partial charge in [-0.25, -0.2) is 9.59 Å². The van der Waals surface area contributed by atoms with Gasteiger partial charge in [0, 0.05) is 12.8 Å². The molecule has 3 aromatic rings. The summed E-state index contributed by atoms with van der Waals surface area (Å²) in [6.45, 7) is 10.6. The molecule has 0 radical (unpaired) electrons. The normalized spacial score (nSPS) is 13.4. The summed E-state index contributed by atoms with van der Waals surface area (Å²) < 4.78 is 16.8. The highest BCUT2D eigenvalue weighted by Crippen LogP contribution is 2.13. The second kappa shape index (κ2) is 17.3. The van der Waals surface area contributed by atoms with E-state index in [4.69, 9.17) is 14.2 Å². The minimum absolute atomic E-state index is 0.0219. The van der Waals surface area contributed by atoms with Crippen LogP contribution in [0.15, 0.2) is 91.0 Å². The van der Waals surface area contributed by atoms with Crippen molar-refractivity contribution < 1.29 is 33.4 Å². The van der Waals surface area contributed by atoms with Crippen LogP contribution < -0.4 is 16.0 Å². The zero-order chi connectivity index (χ0) is 34.5.